The Kier molecular flexibility index (Phi) is 4.85. The number of aryl methyl sites for hydroxylation is 2. The molecule has 0 amide bonds. The Morgan fingerprint density at radius 1 is 0.933 bits per heavy atom. The van der Waals surface area contributed by atoms with E-state index in [9.17, 15) is 0 Å². The van der Waals surface area contributed by atoms with E-state index in [-0.39, 0.29) is 0 Å². The van der Waals surface area contributed by atoms with E-state index in [2.05, 4.69) is 40.7 Å². The van der Waals surface area contributed by atoms with Gasteiger partial charge in [0.2, 0.25) is 0 Å². The van der Waals surface area contributed by atoms with Gasteiger partial charge in [0.15, 0.2) is 11.5 Å². The summed E-state index contributed by atoms with van der Waals surface area (Å²) in [5, 5.41) is 0. The Morgan fingerprint density at radius 2 is 1.70 bits per heavy atom. The lowest BCUT2D eigenvalue weighted by molar-refractivity contribution is 0.354. The zero-order valence-electron chi connectivity index (χ0n) is 17.9. The van der Waals surface area contributed by atoms with Gasteiger partial charge in [-0.25, -0.2) is 9.97 Å². The molecule has 30 heavy (non-hydrogen) atoms. The number of fused-ring (bicyclic) bond motifs is 3. The summed E-state index contributed by atoms with van der Waals surface area (Å²) in [6, 6.07) is 8.48. The van der Waals surface area contributed by atoms with Crippen LogP contribution in [0.25, 0.3) is 22.5 Å². The number of ether oxygens (including phenoxy) is 2. The van der Waals surface area contributed by atoms with Gasteiger partial charge >= 0.3 is 0 Å². The van der Waals surface area contributed by atoms with Crippen LogP contribution in [-0.2, 0) is 13.0 Å². The lowest BCUT2D eigenvalue weighted by atomic mass is 9.95. The highest BCUT2D eigenvalue weighted by Crippen LogP contribution is 2.42. The summed E-state index contributed by atoms with van der Waals surface area (Å²) in [5.41, 5.74) is 5.60. The molecule has 0 aliphatic carbocycles. The molecule has 3 aromatic rings. The third-order valence-electron chi connectivity index (χ3n) is 6.33. The molecule has 1 saturated heterocycles. The number of anilines is 1. The second kappa shape index (κ2) is 7.67. The van der Waals surface area contributed by atoms with Crippen LogP contribution in [0, 0.1) is 6.92 Å². The van der Waals surface area contributed by atoms with Crippen molar-refractivity contribution in [1.29, 1.82) is 0 Å². The zero-order valence-corrected chi connectivity index (χ0v) is 17.9. The molecule has 2 aliphatic rings. The maximum Gasteiger partial charge on any atom is 0.161 e. The number of pyridine rings is 1. The van der Waals surface area contributed by atoms with Crippen molar-refractivity contribution < 1.29 is 9.47 Å². The fraction of sp³-hybridized carbons (Fsp3) is 0.417. The molecule has 0 N–H and O–H groups in total. The number of imidazole rings is 1. The first-order valence-electron chi connectivity index (χ1n) is 10.7. The summed E-state index contributed by atoms with van der Waals surface area (Å²) in [5.74, 6) is 3.61. The van der Waals surface area contributed by atoms with E-state index in [1.807, 2.05) is 6.20 Å². The van der Waals surface area contributed by atoms with Gasteiger partial charge in [0, 0.05) is 37.0 Å². The van der Waals surface area contributed by atoms with E-state index < -0.39 is 0 Å². The predicted octanol–water partition coefficient (Wildman–Crippen LogP) is 4.48. The Balaban J connectivity index is 1.58. The molecule has 0 bridgehead atoms. The van der Waals surface area contributed by atoms with Crippen molar-refractivity contribution in [3.8, 4) is 34.0 Å². The highest BCUT2D eigenvalue weighted by molar-refractivity contribution is 5.83. The predicted molar refractivity (Wildman–Crippen MR) is 119 cm³/mol. The van der Waals surface area contributed by atoms with Gasteiger partial charge in [0.25, 0.3) is 0 Å². The van der Waals surface area contributed by atoms with Crippen molar-refractivity contribution in [2.24, 2.45) is 0 Å². The minimum Gasteiger partial charge on any atom is -0.493 e. The normalized spacial score (nSPS) is 15.5. The molecule has 2 aliphatic heterocycles. The van der Waals surface area contributed by atoms with Crippen molar-refractivity contribution in [3.63, 3.8) is 0 Å². The number of piperidine rings is 1. The molecule has 0 radical (unpaired) electrons. The Labute approximate surface area is 177 Å². The van der Waals surface area contributed by atoms with Gasteiger partial charge in [-0.3, -0.25) is 0 Å². The number of rotatable bonds is 4. The van der Waals surface area contributed by atoms with Crippen LogP contribution >= 0.6 is 0 Å². The number of aromatic nitrogens is 3. The molecule has 4 heterocycles. The van der Waals surface area contributed by atoms with Crippen LogP contribution in [0.2, 0.25) is 0 Å². The number of nitrogens with zero attached hydrogens (tertiary/aromatic N) is 4. The van der Waals surface area contributed by atoms with Crippen LogP contribution < -0.4 is 14.4 Å². The van der Waals surface area contributed by atoms with Crippen LogP contribution in [0.3, 0.4) is 0 Å². The van der Waals surface area contributed by atoms with Gasteiger partial charge < -0.3 is 18.9 Å². The molecule has 0 spiro atoms. The molecule has 2 aromatic heterocycles. The standard InChI is InChI=1S/C24H28N4O2/c1-16-26-23(18-7-8-22(25-15-18)27-10-5-4-6-11-27)24-19-14-21(30-3)20(29-2)13-17(19)9-12-28(16)24/h7-8,13-15H,4-6,9-12H2,1-3H3. The monoisotopic (exact) mass is 404 g/mol. The van der Waals surface area contributed by atoms with Crippen LogP contribution in [0.15, 0.2) is 30.5 Å². The Hall–Kier alpha value is -3.02. The van der Waals surface area contributed by atoms with E-state index in [0.717, 1.165) is 71.7 Å². The number of methoxy groups -OCH3 is 2. The minimum atomic E-state index is 0.744. The highest BCUT2D eigenvalue weighted by atomic mass is 16.5. The summed E-state index contributed by atoms with van der Waals surface area (Å²) in [4.78, 5) is 12.1. The van der Waals surface area contributed by atoms with Crippen molar-refractivity contribution >= 4 is 5.82 Å². The molecule has 0 atom stereocenters. The van der Waals surface area contributed by atoms with Gasteiger partial charge in [0.05, 0.1) is 25.6 Å². The first-order chi connectivity index (χ1) is 14.7. The Morgan fingerprint density at radius 3 is 2.40 bits per heavy atom. The summed E-state index contributed by atoms with van der Waals surface area (Å²) >= 11 is 0. The van der Waals surface area contributed by atoms with Crippen LogP contribution in [-0.4, -0.2) is 41.8 Å². The number of benzene rings is 1. The first-order valence-corrected chi connectivity index (χ1v) is 10.7. The molecular weight excluding hydrogens is 376 g/mol. The van der Waals surface area contributed by atoms with Gasteiger partial charge in [0.1, 0.15) is 11.6 Å². The molecule has 6 heteroatoms. The van der Waals surface area contributed by atoms with E-state index >= 15 is 0 Å². The van der Waals surface area contributed by atoms with E-state index in [1.165, 1.54) is 24.8 Å². The van der Waals surface area contributed by atoms with Crippen molar-refractivity contribution in [3.05, 3.63) is 41.9 Å². The fourth-order valence-electron chi connectivity index (χ4n) is 4.73. The van der Waals surface area contributed by atoms with Gasteiger partial charge in [-0.05, 0) is 62.4 Å². The lowest BCUT2D eigenvalue weighted by Crippen LogP contribution is -2.29. The maximum atomic E-state index is 5.58. The average Bonchev–Trinajstić information content (AvgIpc) is 3.15. The topological polar surface area (TPSA) is 52.4 Å². The zero-order chi connectivity index (χ0) is 20.7. The first kappa shape index (κ1) is 19.0. The fourth-order valence-corrected chi connectivity index (χ4v) is 4.73. The lowest BCUT2D eigenvalue weighted by Gasteiger charge is -2.27. The highest BCUT2D eigenvalue weighted by Gasteiger charge is 2.26. The smallest absolute Gasteiger partial charge is 0.161 e. The second-order valence-corrected chi connectivity index (χ2v) is 8.07. The second-order valence-electron chi connectivity index (χ2n) is 8.07. The third kappa shape index (κ3) is 3.11. The molecule has 6 nitrogen and oxygen atoms in total. The minimum absolute atomic E-state index is 0.744. The SMILES string of the molecule is COc1cc2c(cc1OC)-c1c(-c3ccc(N4CCCCC4)nc3)nc(C)n1CC2. The summed E-state index contributed by atoms with van der Waals surface area (Å²) in [6.45, 7) is 5.19. The molecule has 5 rings (SSSR count). The maximum absolute atomic E-state index is 5.58. The summed E-state index contributed by atoms with van der Waals surface area (Å²) in [7, 11) is 3.36. The van der Waals surface area contributed by atoms with Crippen molar-refractivity contribution in [2.75, 3.05) is 32.2 Å². The quantitative estimate of drug-likeness (QED) is 0.642. The van der Waals surface area contributed by atoms with Crippen LogP contribution in [0.4, 0.5) is 5.82 Å². The molecule has 1 fully saturated rings. The van der Waals surface area contributed by atoms with Crippen molar-refractivity contribution in [2.45, 2.75) is 39.2 Å². The van der Waals surface area contributed by atoms with Crippen LogP contribution in [0.5, 0.6) is 11.5 Å². The third-order valence-corrected chi connectivity index (χ3v) is 6.33. The summed E-state index contributed by atoms with van der Waals surface area (Å²) < 4.78 is 13.4. The van der Waals surface area contributed by atoms with Crippen LogP contribution in [0.1, 0.15) is 30.7 Å². The van der Waals surface area contributed by atoms with Gasteiger partial charge in [-0.15, -0.1) is 0 Å². The van der Waals surface area contributed by atoms with E-state index in [4.69, 9.17) is 19.4 Å². The number of hydrogen-bond acceptors (Lipinski definition) is 5. The molecule has 0 unspecified atom stereocenters. The van der Waals surface area contributed by atoms with Gasteiger partial charge in [-0.2, -0.15) is 0 Å². The molecule has 156 valence electrons. The Bertz CT molecular complexity index is 1070. The van der Waals surface area contributed by atoms with Gasteiger partial charge in [-0.1, -0.05) is 0 Å². The largest absolute Gasteiger partial charge is 0.493 e. The van der Waals surface area contributed by atoms with E-state index in [0.29, 0.717) is 0 Å². The summed E-state index contributed by atoms with van der Waals surface area (Å²) in [6.07, 6.45) is 6.74. The van der Waals surface area contributed by atoms with Crippen molar-refractivity contribution in [1.82, 2.24) is 14.5 Å². The molecule has 1 aromatic carbocycles. The van der Waals surface area contributed by atoms with E-state index in [1.54, 1.807) is 14.2 Å². The molecular formula is C24H28N4O2. The molecule has 0 saturated carbocycles. The average molecular weight is 405 g/mol. The number of hydrogen-bond donors (Lipinski definition) is 0.